The lowest BCUT2D eigenvalue weighted by Crippen LogP contribution is -2.49. The minimum absolute atomic E-state index is 0.00962. The molecule has 2 unspecified atom stereocenters. The van der Waals surface area contributed by atoms with Gasteiger partial charge in [0.15, 0.2) is 5.96 Å². The van der Waals surface area contributed by atoms with E-state index in [1.165, 1.54) is 0 Å². The molecule has 0 saturated heterocycles. The highest BCUT2D eigenvalue weighted by molar-refractivity contribution is 5.87. The molecule has 2 amide bonds. The van der Waals surface area contributed by atoms with E-state index in [4.69, 9.17) is 17.2 Å². The molecule has 8 heteroatoms. The van der Waals surface area contributed by atoms with Gasteiger partial charge in [0.25, 0.3) is 0 Å². The summed E-state index contributed by atoms with van der Waals surface area (Å²) in [7, 11) is 0. The average molecular weight is 357 g/mol. The normalized spacial score (nSPS) is 13.2. The lowest BCUT2D eigenvalue weighted by molar-refractivity contribution is -0.137. The van der Waals surface area contributed by atoms with E-state index in [0.717, 1.165) is 19.3 Å². The van der Waals surface area contributed by atoms with Crippen LogP contribution in [0.1, 0.15) is 53.4 Å². The van der Waals surface area contributed by atoms with Gasteiger partial charge in [-0.25, -0.2) is 0 Å². The molecule has 0 saturated carbocycles. The van der Waals surface area contributed by atoms with Crippen molar-refractivity contribution in [3.8, 4) is 0 Å². The van der Waals surface area contributed by atoms with Crippen molar-refractivity contribution in [3.05, 3.63) is 0 Å². The fraction of sp³-hybridized carbons (Fsp3) is 0.824. The summed E-state index contributed by atoms with van der Waals surface area (Å²) in [4.78, 5) is 30.1. The van der Waals surface area contributed by atoms with Gasteiger partial charge in [0.2, 0.25) is 11.8 Å². The van der Waals surface area contributed by atoms with Crippen molar-refractivity contribution in [1.29, 1.82) is 0 Å². The van der Waals surface area contributed by atoms with Gasteiger partial charge in [0.1, 0.15) is 0 Å². The number of nitrogens with one attached hydrogen (secondary N) is 1. The molecule has 0 aromatic heterocycles. The Kier molecular flexibility index (Phi) is 11.6. The Hall–Kier alpha value is -1.83. The number of nitrogens with zero attached hydrogens (tertiary/aromatic N) is 2. The molecule has 0 radical (unpaired) electrons. The number of carbonyl (C=O) groups excluding carboxylic acids is 2. The fourth-order valence-corrected chi connectivity index (χ4v) is 2.55. The lowest BCUT2D eigenvalue weighted by Gasteiger charge is -2.26. The minimum atomic E-state index is -0.559. The van der Waals surface area contributed by atoms with E-state index in [1.807, 2.05) is 27.7 Å². The molecule has 25 heavy (non-hydrogen) atoms. The molecule has 0 heterocycles. The van der Waals surface area contributed by atoms with Crippen LogP contribution >= 0.6 is 0 Å². The van der Waals surface area contributed by atoms with Crippen molar-refractivity contribution < 1.29 is 9.59 Å². The molecule has 0 fully saturated rings. The van der Waals surface area contributed by atoms with Gasteiger partial charge in [-0.2, -0.15) is 0 Å². The fourth-order valence-electron chi connectivity index (χ4n) is 2.55. The third-order valence-corrected chi connectivity index (χ3v) is 3.68. The van der Waals surface area contributed by atoms with E-state index < -0.39 is 6.04 Å². The molecule has 0 rings (SSSR count). The second-order valence-corrected chi connectivity index (χ2v) is 6.91. The predicted octanol–water partition coefficient (Wildman–Crippen LogP) is 0.157. The highest BCUT2D eigenvalue weighted by atomic mass is 16.2. The highest BCUT2D eigenvalue weighted by Gasteiger charge is 2.23. The Morgan fingerprint density at radius 1 is 1.20 bits per heavy atom. The van der Waals surface area contributed by atoms with Crippen molar-refractivity contribution in [2.75, 3.05) is 19.6 Å². The summed E-state index contributed by atoms with van der Waals surface area (Å²) in [5.74, 6) is 0.0728. The van der Waals surface area contributed by atoms with E-state index in [1.54, 1.807) is 4.90 Å². The first-order chi connectivity index (χ1) is 11.7. The summed E-state index contributed by atoms with van der Waals surface area (Å²) < 4.78 is 0. The summed E-state index contributed by atoms with van der Waals surface area (Å²) in [5.41, 5.74) is 16.5. The van der Waals surface area contributed by atoms with Gasteiger partial charge in [-0.3, -0.25) is 14.6 Å². The summed E-state index contributed by atoms with van der Waals surface area (Å²) in [6.45, 7) is 9.03. The maximum atomic E-state index is 12.4. The summed E-state index contributed by atoms with van der Waals surface area (Å²) in [6, 6.07) is -0.569. The molecule has 7 N–H and O–H groups in total. The number of hydrogen-bond acceptors (Lipinski definition) is 4. The number of aliphatic imine (C=N–C) groups is 1. The number of hydrogen-bond donors (Lipinski definition) is 4. The van der Waals surface area contributed by atoms with Gasteiger partial charge in [-0.05, 0) is 38.5 Å². The molecule has 8 nitrogen and oxygen atoms in total. The van der Waals surface area contributed by atoms with Crippen LogP contribution in [0.15, 0.2) is 4.99 Å². The van der Waals surface area contributed by atoms with Crippen LogP contribution in [0.2, 0.25) is 0 Å². The van der Waals surface area contributed by atoms with Gasteiger partial charge in [-0.15, -0.1) is 0 Å². The number of rotatable bonds is 12. The van der Waals surface area contributed by atoms with Crippen LogP contribution in [0.25, 0.3) is 0 Å². The van der Waals surface area contributed by atoms with Crippen molar-refractivity contribution >= 4 is 17.8 Å². The van der Waals surface area contributed by atoms with Crippen LogP contribution in [0, 0.1) is 5.92 Å². The predicted molar refractivity (Wildman–Crippen MR) is 102 cm³/mol. The van der Waals surface area contributed by atoms with Crippen molar-refractivity contribution in [2.24, 2.45) is 28.1 Å². The van der Waals surface area contributed by atoms with E-state index in [0.29, 0.717) is 25.4 Å². The Morgan fingerprint density at radius 2 is 1.84 bits per heavy atom. The Labute approximate surface area is 151 Å². The summed E-state index contributed by atoms with van der Waals surface area (Å²) in [6.07, 6.45) is 2.93. The molecular weight excluding hydrogens is 320 g/mol. The second kappa shape index (κ2) is 12.5. The number of amides is 2. The van der Waals surface area contributed by atoms with Gasteiger partial charge in [0, 0.05) is 19.1 Å². The van der Waals surface area contributed by atoms with E-state index in [-0.39, 0.29) is 30.4 Å². The van der Waals surface area contributed by atoms with Crippen molar-refractivity contribution in [2.45, 2.75) is 65.5 Å². The molecule has 0 aromatic carbocycles. The van der Waals surface area contributed by atoms with Crippen molar-refractivity contribution in [1.82, 2.24) is 10.2 Å². The molecule has 0 aliphatic rings. The van der Waals surface area contributed by atoms with E-state index in [9.17, 15) is 9.59 Å². The molecular formula is C17H36N6O2. The Balaban J connectivity index is 4.43. The first-order valence-corrected chi connectivity index (χ1v) is 9.06. The average Bonchev–Trinajstić information content (AvgIpc) is 2.49. The molecule has 0 aliphatic carbocycles. The van der Waals surface area contributed by atoms with Crippen LogP contribution in [-0.4, -0.2) is 54.4 Å². The van der Waals surface area contributed by atoms with Gasteiger partial charge >= 0.3 is 0 Å². The minimum Gasteiger partial charge on any atom is -0.370 e. The zero-order chi connectivity index (χ0) is 19.4. The SMILES string of the molecule is CCCN(CC(=O)NC(C)CCCN=C(N)N)C(=O)C(N)CC(C)C. The number of guanidine groups is 1. The van der Waals surface area contributed by atoms with Crippen molar-refractivity contribution in [3.63, 3.8) is 0 Å². The number of carbonyl (C=O) groups is 2. The van der Waals surface area contributed by atoms with Gasteiger partial charge in [-0.1, -0.05) is 20.8 Å². The van der Waals surface area contributed by atoms with Crippen LogP contribution < -0.4 is 22.5 Å². The third kappa shape index (κ3) is 11.4. The van der Waals surface area contributed by atoms with Crippen LogP contribution in [0.3, 0.4) is 0 Å². The summed E-state index contributed by atoms with van der Waals surface area (Å²) in [5, 5.41) is 2.91. The second-order valence-electron chi connectivity index (χ2n) is 6.91. The molecule has 0 spiro atoms. The lowest BCUT2D eigenvalue weighted by atomic mass is 10.0. The van der Waals surface area contributed by atoms with Gasteiger partial charge in [0.05, 0.1) is 12.6 Å². The maximum absolute atomic E-state index is 12.4. The Morgan fingerprint density at radius 3 is 2.36 bits per heavy atom. The monoisotopic (exact) mass is 356 g/mol. The largest absolute Gasteiger partial charge is 0.370 e. The maximum Gasteiger partial charge on any atom is 0.239 e. The van der Waals surface area contributed by atoms with Crippen LogP contribution in [0.4, 0.5) is 0 Å². The van der Waals surface area contributed by atoms with Gasteiger partial charge < -0.3 is 27.4 Å². The molecule has 0 aromatic rings. The molecule has 0 aliphatic heterocycles. The van der Waals surface area contributed by atoms with E-state index >= 15 is 0 Å². The topological polar surface area (TPSA) is 140 Å². The zero-order valence-electron chi connectivity index (χ0n) is 16.1. The smallest absolute Gasteiger partial charge is 0.239 e. The van der Waals surface area contributed by atoms with Crippen LogP contribution in [-0.2, 0) is 9.59 Å². The zero-order valence-corrected chi connectivity index (χ0v) is 16.1. The Bertz CT molecular complexity index is 435. The van der Waals surface area contributed by atoms with Crippen LogP contribution in [0.5, 0.6) is 0 Å². The number of nitrogens with two attached hydrogens (primary N) is 3. The highest BCUT2D eigenvalue weighted by Crippen LogP contribution is 2.07. The molecule has 0 bridgehead atoms. The molecule has 2 atom stereocenters. The molecule has 146 valence electrons. The summed E-state index contributed by atoms with van der Waals surface area (Å²) >= 11 is 0. The van der Waals surface area contributed by atoms with E-state index in [2.05, 4.69) is 10.3 Å². The standard InChI is InChI=1S/C17H36N6O2/c1-5-9-23(16(25)14(18)10-12(2)3)11-15(24)22-13(4)7-6-8-21-17(19)20/h12-14H,5-11,18H2,1-4H3,(H,22,24)(H4,19,20,21). The first kappa shape index (κ1) is 23.2. The third-order valence-electron chi connectivity index (χ3n) is 3.68. The first-order valence-electron chi connectivity index (χ1n) is 9.06. The quantitative estimate of drug-likeness (QED) is 0.224.